The molecule has 1 atom stereocenters. The molecule has 8 heteroatoms. The average molecular weight is 295 g/mol. The Kier molecular flexibility index (Phi) is 5.68. The third-order valence-electron chi connectivity index (χ3n) is 3.61. The summed E-state index contributed by atoms with van der Waals surface area (Å²) in [6.45, 7) is 2.63. The van der Waals surface area contributed by atoms with Crippen LogP contribution in [0.4, 0.5) is 0 Å². The number of carboxylic acids is 1. The molecule has 0 bridgehead atoms. The van der Waals surface area contributed by atoms with Gasteiger partial charge in [-0.25, -0.2) is 0 Å². The van der Waals surface area contributed by atoms with E-state index >= 15 is 0 Å². The maximum absolute atomic E-state index is 12.2. The van der Waals surface area contributed by atoms with Gasteiger partial charge in [-0.15, -0.1) is 5.10 Å². The van der Waals surface area contributed by atoms with Crippen molar-refractivity contribution in [3.05, 3.63) is 12.4 Å². The van der Waals surface area contributed by atoms with Crippen LogP contribution < -0.4 is 5.32 Å². The second kappa shape index (κ2) is 7.72. The third-order valence-corrected chi connectivity index (χ3v) is 3.61. The van der Waals surface area contributed by atoms with Gasteiger partial charge >= 0.3 is 5.97 Å². The Morgan fingerprint density at radius 2 is 2.29 bits per heavy atom. The van der Waals surface area contributed by atoms with E-state index in [4.69, 9.17) is 5.11 Å². The number of likely N-dealkylation sites (tertiary alicyclic amines) is 1. The van der Waals surface area contributed by atoms with Crippen LogP contribution in [0.25, 0.3) is 0 Å². The summed E-state index contributed by atoms with van der Waals surface area (Å²) in [5, 5.41) is 19.1. The van der Waals surface area contributed by atoms with Crippen LogP contribution in [0, 0.1) is 5.92 Å². The first kappa shape index (κ1) is 15.4. The van der Waals surface area contributed by atoms with Gasteiger partial charge in [-0.3, -0.25) is 14.3 Å². The van der Waals surface area contributed by atoms with Gasteiger partial charge in [-0.2, -0.15) is 0 Å². The molecule has 21 heavy (non-hydrogen) atoms. The number of amides is 1. The van der Waals surface area contributed by atoms with Crippen molar-refractivity contribution in [1.29, 1.82) is 0 Å². The van der Waals surface area contributed by atoms with Gasteiger partial charge in [0.05, 0.1) is 19.3 Å². The van der Waals surface area contributed by atoms with Gasteiger partial charge < -0.3 is 15.3 Å². The van der Waals surface area contributed by atoms with Crippen LogP contribution in [0.5, 0.6) is 0 Å². The van der Waals surface area contributed by atoms with E-state index in [0.717, 1.165) is 19.4 Å². The number of nitrogens with zero attached hydrogens (tertiary/aromatic N) is 4. The minimum Gasteiger partial charge on any atom is -0.480 e. The molecule has 1 aromatic rings. The zero-order chi connectivity index (χ0) is 15.1. The Balaban J connectivity index is 1.72. The summed E-state index contributed by atoms with van der Waals surface area (Å²) in [4.78, 5) is 24.5. The predicted molar refractivity (Wildman–Crippen MR) is 74.4 cm³/mol. The highest BCUT2D eigenvalue weighted by Gasteiger charge is 2.23. The van der Waals surface area contributed by atoms with Gasteiger partial charge in [0.15, 0.2) is 0 Å². The molecule has 1 aromatic heterocycles. The summed E-state index contributed by atoms with van der Waals surface area (Å²) >= 11 is 0. The fraction of sp³-hybridized carbons (Fsp3) is 0.692. The molecule has 2 heterocycles. The normalized spacial score (nSPS) is 18.7. The topological polar surface area (TPSA) is 100 Å². The fourth-order valence-corrected chi connectivity index (χ4v) is 2.56. The van der Waals surface area contributed by atoms with Gasteiger partial charge in [-0.05, 0) is 18.8 Å². The summed E-state index contributed by atoms with van der Waals surface area (Å²) in [5.74, 6) is -0.409. The van der Waals surface area contributed by atoms with Gasteiger partial charge in [0.1, 0.15) is 0 Å². The van der Waals surface area contributed by atoms with Gasteiger partial charge in [0, 0.05) is 32.3 Å². The number of aromatic nitrogens is 3. The Morgan fingerprint density at radius 3 is 3.00 bits per heavy atom. The van der Waals surface area contributed by atoms with Crippen molar-refractivity contribution in [1.82, 2.24) is 25.2 Å². The number of hydrogen-bond acceptors (Lipinski definition) is 5. The van der Waals surface area contributed by atoms with Crippen LogP contribution in [0.2, 0.25) is 0 Å². The van der Waals surface area contributed by atoms with Crippen molar-refractivity contribution >= 4 is 11.9 Å². The molecule has 1 amide bonds. The van der Waals surface area contributed by atoms with E-state index in [9.17, 15) is 9.59 Å². The number of aryl methyl sites for hydroxylation is 1. The van der Waals surface area contributed by atoms with E-state index in [-0.39, 0.29) is 12.5 Å². The molecule has 0 aromatic carbocycles. The number of nitrogens with one attached hydrogen (secondary N) is 1. The highest BCUT2D eigenvalue weighted by atomic mass is 16.4. The van der Waals surface area contributed by atoms with E-state index in [0.29, 0.717) is 32.0 Å². The summed E-state index contributed by atoms with van der Waals surface area (Å²) in [6, 6.07) is 0. The lowest BCUT2D eigenvalue weighted by Crippen LogP contribution is -2.43. The van der Waals surface area contributed by atoms with Crippen LogP contribution in [0.15, 0.2) is 12.4 Å². The molecule has 0 spiro atoms. The lowest BCUT2D eigenvalue weighted by molar-refractivity contribution is -0.136. The Labute approximate surface area is 123 Å². The predicted octanol–water partition coefficient (Wildman–Crippen LogP) is -0.419. The van der Waals surface area contributed by atoms with Crippen molar-refractivity contribution in [2.24, 2.45) is 5.92 Å². The first-order chi connectivity index (χ1) is 10.1. The molecule has 1 fully saturated rings. The lowest BCUT2D eigenvalue weighted by Gasteiger charge is -2.33. The van der Waals surface area contributed by atoms with Crippen LogP contribution in [-0.4, -0.2) is 63.1 Å². The first-order valence-electron chi connectivity index (χ1n) is 7.19. The average Bonchev–Trinajstić information content (AvgIpc) is 2.98. The molecule has 2 N–H and O–H groups in total. The van der Waals surface area contributed by atoms with Crippen molar-refractivity contribution < 1.29 is 14.7 Å². The molecule has 1 saturated heterocycles. The SMILES string of the molecule is O=C(O)CNCC1CCCN(C(=O)CCn2ccnn2)C1. The number of aliphatic carboxylic acids is 1. The zero-order valence-corrected chi connectivity index (χ0v) is 11.9. The minimum atomic E-state index is -0.855. The van der Waals surface area contributed by atoms with Crippen molar-refractivity contribution in [2.75, 3.05) is 26.2 Å². The Morgan fingerprint density at radius 1 is 1.43 bits per heavy atom. The molecular formula is C13H21N5O3. The molecule has 8 nitrogen and oxygen atoms in total. The molecule has 1 unspecified atom stereocenters. The summed E-state index contributed by atoms with van der Waals surface area (Å²) in [5.41, 5.74) is 0. The number of rotatable bonds is 7. The lowest BCUT2D eigenvalue weighted by atomic mass is 9.97. The molecule has 1 aliphatic rings. The van der Waals surface area contributed by atoms with Gasteiger partial charge in [-0.1, -0.05) is 5.21 Å². The molecule has 0 aliphatic carbocycles. The molecule has 0 radical (unpaired) electrons. The third kappa shape index (κ3) is 5.14. The maximum Gasteiger partial charge on any atom is 0.317 e. The summed E-state index contributed by atoms with van der Waals surface area (Å²) in [7, 11) is 0. The Hall–Kier alpha value is -1.96. The zero-order valence-electron chi connectivity index (χ0n) is 11.9. The van der Waals surface area contributed by atoms with Crippen LogP contribution in [-0.2, 0) is 16.1 Å². The molecule has 1 aliphatic heterocycles. The van der Waals surface area contributed by atoms with Crippen molar-refractivity contribution in [2.45, 2.75) is 25.8 Å². The van der Waals surface area contributed by atoms with Crippen LogP contribution >= 0.6 is 0 Å². The maximum atomic E-state index is 12.2. The number of carbonyl (C=O) groups is 2. The van der Waals surface area contributed by atoms with E-state index < -0.39 is 5.97 Å². The van der Waals surface area contributed by atoms with Crippen molar-refractivity contribution in [3.63, 3.8) is 0 Å². The van der Waals surface area contributed by atoms with Gasteiger partial charge in [0.25, 0.3) is 0 Å². The first-order valence-corrected chi connectivity index (χ1v) is 7.19. The van der Waals surface area contributed by atoms with Crippen LogP contribution in [0.3, 0.4) is 0 Å². The summed E-state index contributed by atoms with van der Waals surface area (Å²) in [6.07, 6.45) is 5.74. The standard InChI is InChI=1S/C13H21N5O3/c19-12(3-6-18-7-4-15-16-18)17-5-1-2-11(10-17)8-14-9-13(20)21/h4,7,11,14H,1-3,5-6,8-10H2,(H,20,21). The molecule has 0 saturated carbocycles. The van der Waals surface area contributed by atoms with E-state index in [1.807, 2.05) is 4.90 Å². The highest BCUT2D eigenvalue weighted by Crippen LogP contribution is 2.16. The Bertz CT molecular complexity index is 462. The number of carbonyl (C=O) groups excluding carboxylic acids is 1. The quantitative estimate of drug-likeness (QED) is 0.708. The number of carboxylic acid groups (broad SMARTS) is 1. The minimum absolute atomic E-state index is 0.0310. The molecule has 116 valence electrons. The van der Waals surface area contributed by atoms with E-state index in [1.54, 1.807) is 17.1 Å². The highest BCUT2D eigenvalue weighted by molar-refractivity contribution is 5.76. The van der Waals surface area contributed by atoms with E-state index in [1.165, 1.54) is 0 Å². The molecular weight excluding hydrogens is 274 g/mol. The number of hydrogen-bond donors (Lipinski definition) is 2. The second-order valence-corrected chi connectivity index (χ2v) is 5.29. The van der Waals surface area contributed by atoms with Gasteiger partial charge in [0.2, 0.25) is 5.91 Å². The monoisotopic (exact) mass is 295 g/mol. The largest absolute Gasteiger partial charge is 0.480 e. The number of piperidine rings is 1. The van der Waals surface area contributed by atoms with Crippen molar-refractivity contribution in [3.8, 4) is 0 Å². The molecule has 2 rings (SSSR count). The fourth-order valence-electron chi connectivity index (χ4n) is 2.56. The second-order valence-electron chi connectivity index (χ2n) is 5.29. The smallest absolute Gasteiger partial charge is 0.317 e. The van der Waals surface area contributed by atoms with Crippen LogP contribution in [0.1, 0.15) is 19.3 Å². The van der Waals surface area contributed by atoms with E-state index in [2.05, 4.69) is 15.6 Å². The summed E-state index contributed by atoms with van der Waals surface area (Å²) < 4.78 is 1.65.